The molecule has 0 bridgehead atoms. The van der Waals surface area contributed by atoms with Gasteiger partial charge in [0, 0.05) is 26.2 Å². The van der Waals surface area contributed by atoms with E-state index in [1.165, 1.54) is 12.1 Å². The van der Waals surface area contributed by atoms with Gasteiger partial charge in [-0.1, -0.05) is 12.1 Å². The Balaban J connectivity index is 0.00000392. The highest BCUT2D eigenvalue weighted by molar-refractivity contribution is 14.0. The van der Waals surface area contributed by atoms with Gasteiger partial charge in [-0.05, 0) is 24.6 Å². The first-order valence-corrected chi connectivity index (χ1v) is 9.05. The predicted octanol–water partition coefficient (Wildman–Crippen LogP) is 3.32. The van der Waals surface area contributed by atoms with Gasteiger partial charge >= 0.3 is 6.18 Å². The summed E-state index contributed by atoms with van der Waals surface area (Å²) in [4.78, 5) is 6.65. The number of hydrogen-bond donors (Lipinski definition) is 2. The maximum absolute atomic E-state index is 13.3. The quantitative estimate of drug-likeness (QED) is 0.252. The van der Waals surface area contributed by atoms with Crippen molar-refractivity contribution in [1.82, 2.24) is 15.5 Å². The Morgan fingerprint density at radius 3 is 2.39 bits per heavy atom. The zero-order valence-corrected chi connectivity index (χ0v) is 18.1. The molecule has 0 amide bonds. The number of nitrogens with one attached hydrogen (secondary N) is 2. The van der Waals surface area contributed by atoms with Gasteiger partial charge in [0.15, 0.2) is 5.96 Å². The first kappa shape index (κ1) is 24.9. The molecular formula is C18H27F4IN4O. The maximum atomic E-state index is 13.3. The summed E-state index contributed by atoms with van der Waals surface area (Å²) in [7, 11) is 0. The number of nitrogens with zero attached hydrogens (tertiary/aromatic N) is 2. The number of guanidine groups is 1. The summed E-state index contributed by atoms with van der Waals surface area (Å²) in [5.41, 5.74) is 0.910. The molecule has 2 rings (SSSR count). The zero-order valence-electron chi connectivity index (χ0n) is 15.8. The van der Waals surface area contributed by atoms with Crippen LogP contribution in [0.4, 0.5) is 17.6 Å². The molecule has 0 spiro atoms. The summed E-state index contributed by atoms with van der Waals surface area (Å²) in [6, 6.07) is 6.13. The van der Waals surface area contributed by atoms with Crippen molar-refractivity contribution in [3.05, 3.63) is 35.6 Å². The molecule has 0 radical (unpaired) electrons. The van der Waals surface area contributed by atoms with E-state index in [0.29, 0.717) is 32.3 Å². The van der Waals surface area contributed by atoms with Crippen LogP contribution in [0.25, 0.3) is 0 Å². The van der Waals surface area contributed by atoms with Crippen molar-refractivity contribution in [2.75, 3.05) is 45.9 Å². The number of benzene rings is 1. The third-order valence-corrected chi connectivity index (χ3v) is 4.21. The molecule has 1 aromatic carbocycles. The average molecular weight is 518 g/mol. The highest BCUT2D eigenvalue weighted by atomic mass is 127. The fourth-order valence-electron chi connectivity index (χ4n) is 2.85. The standard InChI is InChI=1S/C18H26F4N4O.HI/c1-2-23-17(24-8-7-18(20,21)22)25-13-16(26-9-11-27-12-10-26)14-3-5-15(19)6-4-14;/h3-6,16H,2,7-13H2,1H3,(H2,23,24,25);1H. The van der Waals surface area contributed by atoms with Crippen LogP contribution in [0.5, 0.6) is 0 Å². The largest absolute Gasteiger partial charge is 0.390 e. The lowest BCUT2D eigenvalue weighted by molar-refractivity contribution is -0.132. The van der Waals surface area contributed by atoms with Crippen LogP contribution in [0.2, 0.25) is 0 Å². The Hall–Kier alpha value is -1.14. The van der Waals surface area contributed by atoms with Crippen LogP contribution < -0.4 is 10.6 Å². The molecule has 160 valence electrons. The molecule has 1 aromatic rings. The van der Waals surface area contributed by atoms with Gasteiger partial charge in [0.25, 0.3) is 0 Å². The first-order valence-electron chi connectivity index (χ1n) is 9.05. The molecule has 0 saturated carbocycles. The molecule has 5 nitrogen and oxygen atoms in total. The minimum absolute atomic E-state index is 0. The molecule has 1 fully saturated rings. The van der Waals surface area contributed by atoms with Gasteiger partial charge in [-0.2, -0.15) is 13.2 Å². The van der Waals surface area contributed by atoms with Crippen molar-refractivity contribution >= 4 is 29.9 Å². The van der Waals surface area contributed by atoms with Crippen LogP contribution in [-0.2, 0) is 4.74 Å². The van der Waals surface area contributed by atoms with Crippen molar-refractivity contribution in [3.63, 3.8) is 0 Å². The van der Waals surface area contributed by atoms with E-state index in [4.69, 9.17) is 4.74 Å². The highest BCUT2D eigenvalue weighted by Gasteiger charge is 2.26. The fourth-order valence-corrected chi connectivity index (χ4v) is 2.85. The second-order valence-electron chi connectivity index (χ2n) is 6.23. The molecule has 0 aliphatic carbocycles. The summed E-state index contributed by atoms with van der Waals surface area (Å²) >= 11 is 0. The van der Waals surface area contributed by atoms with Gasteiger partial charge in [-0.3, -0.25) is 9.89 Å². The van der Waals surface area contributed by atoms with Crippen LogP contribution >= 0.6 is 24.0 Å². The first-order chi connectivity index (χ1) is 12.9. The molecular weight excluding hydrogens is 491 g/mol. The Morgan fingerprint density at radius 1 is 1.18 bits per heavy atom. The monoisotopic (exact) mass is 518 g/mol. The van der Waals surface area contributed by atoms with Gasteiger partial charge in [0.05, 0.1) is 32.2 Å². The summed E-state index contributed by atoms with van der Waals surface area (Å²) in [5.74, 6) is 0.0206. The molecule has 1 atom stereocenters. The number of hydrogen-bond acceptors (Lipinski definition) is 3. The normalized spacial score (nSPS) is 17.0. The number of alkyl halides is 3. The Kier molecular flexibility index (Phi) is 11.1. The molecule has 1 heterocycles. The summed E-state index contributed by atoms with van der Waals surface area (Å²) in [6.07, 6.45) is -5.14. The average Bonchev–Trinajstić information content (AvgIpc) is 2.63. The van der Waals surface area contributed by atoms with E-state index >= 15 is 0 Å². The van der Waals surface area contributed by atoms with Crippen molar-refractivity contribution in [3.8, 4) is 0 Å². The lowest BCUT2D eigenvalue weighted by Crippen LogP contribution is -2.42. The Morgan fingerprint density at radius 2 is 1.82 bits per heavy atom. The minimum atomic E-state index is -4.21. The van der Waals surface area contributed by atoms with Crippen LogP contribution in [-0.4, -0.2) is 63.0 Å². The topological polar surface area (TPSA) is 48.9 Å². The van der Waals surface area contributed by atoms with Gasteiger partial charge < -0.3 is 15.4 Å². The molecule has 1 aliphatic heterocycles. The molecule has 0 aromatic heterocycles. The molecule has 1 saturated heterocycles. The third-order valence-electron chi connectivity index (χ3n) is 4.21. The van der Waals surface area contributed by atoms with Crippen molar-refractivity contribution in [2.45, 2.75) is 25.6 Å². The number of rotatable bonds is 7. The lowest BCUT2D eigenvalue weighted by atomic mass is 10.0. The number of ether oxygens (including phenoxy) is 1. The summed E-state index contributed by atoms with van der Waals surface area (Å²) in [6.45, 7) is 5.12. The van der Waals surface area contributed by atoms with Crippen LogP contribution in [0.15, 0.2) is 29.3 Å². The van der Waals surface area contributed by atoms with E-state index in [1.54, 1.807) is 12.1 Å². The second-order valence-corrected chi connectivity index (χ2v) is 6.23. The minimum Gasteiger partial charge on any atom is -0.379 e. The maximum Gasteiger partial charge on any atom is 0.390 e. The van der Waals surface area contributed by atoms with Crippen LogP contribution in [0, 0.1) is 5.82 Å². The number of halogens is 5. The highest BCUT2D eigenvalue weighted by Crippen LogP contribution is 2.23. The molecule has 1 aliphatic rings. The van der Waals surface area contributed by atoms with E-state index in [-0.39, 0.29) is 42.4 Å². The summed E-state index contributed by atoms with van der Waals surface area (Å²) < 4.78 is 55.7. The molecule has 28 heavy (non-hydrogen) atoms. The molecule has 10 heteroatoms. The van der Waals surface area contributed by atoms with Crippen molar-refractivity contribution in [1.29, 1.82) is 0 Å². The Bertz CT molecular complexity index is 592. The van der Waals surface area contributed by atoms with Crippen LogP contribution in [0.3, 0.4) is 0 Å². The van der Waals surface area contributed by atoms with Gasteiger partial charge in [0.1, 0.15) is 5.82 Å². The van der Waals surface area contributed by atoms with E-state index in [0.717, 1.165) is 18.7 Å². The van der Waals surface area contributed by atoms with Gasteiger partial charge in [0.2, 0.25) is 0 Å². The lowest BCUT2D eigenvalue weighted by Gasteiger charge is -2.34. The second kappa shape index (κ2) is 12.4. The number of morpholine rings is 1. The summed E-state index contributed by atoms with van der Waals surface area (Å²) in [5, 5.41) is 5.67. The zero-order chi connectivity index (χ0) is 19.7. The van der Waals surface area contributed by atoms with Crippen LogP contribution in [0.1, 0.15) is 24.9 Å². The Labute approximate surface area is 179 Å². The van der Waals surface area contributed by atoms with E-state index in [9.17, 15) is 17.6 Å². The van der Waals surface area contributed by atoms with E-state index < -0.39 is 12.6 Å². The van der Waals surface area contributed by atoms with E-state index in [2.05, 4.69) is 20.5 Å². The van der Waals surface area contributed by atoms with E-state index in [1.807, 2.05) is 6.92 Å². The van der Waals surface area contributed by atoms with Crippen molar-refractivity contribution < 1.29 is 22.3 Å². The fraction of sp³-hybridized carbons (Fsp3) is 0.611. The smallest absolute Gasteiger partial charge is 0.379 e. The molecule has 1 unspecified atom stereocenters. The number of aliphatic imine (C=N–C) groups is 1. The van der Waals surface area contributed by atoms with Gasteiger partial charge in [-0.25, -0.2) is 4.39 Å². The molecule has 2 N–H and O–H groups in total. The predicted molar refractivity (Wildman–Crippen MR) is 112 cm³/mol. The SMILES string of the molecule is CCNC(=NCC(c1ccc(F)cc1)N1CCOCC1)NCCC(F)(F)F.I. The third kappa shape index (κ3) is 8.91. The van der Waals surface area contributed by atoms with Crippen molar-refractivity contribution in [2.24, 2.45) is 4.99 Å². The van der Waals surface area contributed by atoms with Gasteiger partial charge in [-0.15, -0.1) is 24.0 Å².